The van der Waals surface area contributed by atoms with Crippen molar-refractivity contribution in [2.45, 2.75) is 38.6 Å². The number of carbonyl (C=O) groups is 2. The van der Waals surface area contributed by atoms with Crippen molar-refractivity contribution < 1.29 is 24.2 Å². The van der Waals surface area contributed by atoms with Crippen LogP contribution in [-0.2, 0) is 28.8 Å². The Kier molecular flexibility index (Phi) is 10.4. The molecule has 1 atom stereocenters. The molecular weight excluding hydrogens is 524 g/mol. The molecule has 0 fully saturated rings. The summed E-state index contributed by atoms with van der Waals surface area (Å²) in [6.45, 7) is 3.33. The van der Waals surface area contributed by atoms with Crippen LogP contribution >= 0.6 is 11.3 Å². The normalized spacial score (nSPS) is 11.7. The maximum absolute atomic E-state index is 13.1. The van der Waals surface area contributed by atoms with E-state index in [0.29, 0.717) is 23.4 Å². The van der Waals surface area contributed by atoms with Crippen LogP contribution in [0.15, 0.2) is 78.9 Å². The lowest BCUT2D eigenvalue weighted by Gasteiger charge is -2.18. The lowest BCUT2D eigenvalue weighted by Crippen LogP contribution is -2.32. The van der Waals surface area contributed by atoms with E-state index in [-0.39, 0.29) is 12.2 Å². The van der Waals surface area contributed by atoms with Crippen LogP contribution < -0.4 is 10.1 Å². The predicted octanol–water partition coefficient (Wildman–Crippen LogP) is 5.99. The summed E-state index contributed by atoms with van der Waals surface area (Å²) in [5, 5.41) is 14.1. The first kappa shape index (κ1) is 29.0. The molecule has 0 aliphatic carbocycles. The first-order chi connectivity index (χ1) is 19.4. The van der Waals surface area contributed by atoms with E-state index in [9.17, 15) is 14.7 Å². The minimum Gasteiger partial charge on any atom is -0.493 e. The van der Waals surface area contributed by atoms with Crippen molar-refractivity contribution in [1.82, 2.24) is 4.98 Å². The maximum atomic E-state index is 13.1. The Morgan fingerprint density at radius 2 is 1.68 bits per heavy atom. The fourth-order valence-electron chi connectivity index (χ4n) is 4.36. The number of thiazole rings is 1. The van der Waals surface area contributed by atoms with Gasteiger partial charge in [0.15, 0.2) is 5.78 Å². The van der Waals surface area contributed by atoms with E-state index < -0.39 is 12.0 Å². The molecule has 8 heteroatoms. The van der Waals surface area contributed by atoms with Gasteiger partial charge < -0.3 is 19.9 Å². The molecule has 4 rings (SSSR count). The monoisotopic (exact) mass is 558 g/mol. The van der Waals surface area contributed by atoms with Crippen LogP contribution in [-0.4, -0.2) is 48.2 Å². The quantitative estimate of drug-likeness (QED) is 0.137. The third-order valence-corrected chi connectivity index (χ3v) is 7.56. The van der Waals surface area contributed by atoms with Gasteiger partial charge in [-0.25, -0.2) is 9.78 Å². The number of aliphatic carboxylic acids is 1. The Morgan fingerprint density at radius 3 is 2.40 bits per heavy atom. The van der Waals surface area contributed by atoms with Crippen molar-refractivity contribution in [2.24, 2.45) is 0 Å². The Hall–Kier alpha value is -4.01. The molecule has 0 bridgehead atoms. The third-order valence-electron chi connectivity index (χ3n) is 6.48. The number of methoxy groups -OCH3 is 1. The molecule has 0 spiro atoms. The fraction of sp³-hybridized carbons (Fsp3) is 0.281. The number of hydrogen-bond donors (Lipinski definition) is 2. The number of aromatic nitrogens is 1. The van der Waals surface area contributed by atoms with Gasteiger partial charge in [-0.1, -0.05) is 54.6 Å². The van der Waals surface area contributed by atoms with Crippen molar-refractivity contribution in [3.8, 4) is 5.75 Å². The zero-order valence-corrected chi connectivity index (χ0v) is 23.6. The number of para-hydroxylation sites is 1. The summed E-state index contributed by atoms with van der Waals surface area (Å²) in [5.74, 6) is -0.442. The summed E-state index contributed by atoms with van der Waals surface area (Å²) in [6.07, 6.45) is 2.85. The zero-order chi connectivity index (χ0) is 28.3. The number of carboxylic acid groups (broad SMARTS) is 1. The zero-order valence-electron chi connectivity index (χ0n) is 22.8. The highest BCUT2D eigenvalue weighted by Gasteiger charge is 2.21. The molecule has 40 heavy (non-hydrogen) atoms. The van der Waals surface area contributed by atoms with Crippen LogP contribution in [0, 0.1) is 6.92 Å². The van der Waals surface area contributed by atoms with Crippen LogP contribution in [0.4, 0.5) is 5.69 Å². The number of hydrogen-bond acceptors (Lipinski definition) is 7. The second-order valence-electron chi connectivity index (χ2n) is 9.43. The second kappa shape index (κ2) is 14.4. The molecule has 0 amide bonds. The van der Waals surface area contributed by atoms with Gasteiger partial charge in [0.05, 0.1) is 17.3 Å². The Labute approximate surface area is 238 Å². The molecule has 1 aromatic heterocycles. The van der Waals surface area contributed by atoms with E-state index in [1.165, 1.54) is 4.88 Å². The van der Waals surface area contributed by atoms with Gasteiger partial charge in [0, 0.05) is 54.7 Å². The van der Waals surface area contributed by atoms with E-state index >= 15 is 0 Å². The van der Waals surface area contributed by atoms with E-state index in [4.69, 9.17) is 14.5 Å². The van der Waals surface area contributed by atoms with Crippen molar-refractivity contribution >= 4 is 28.8 Å². The van der Waals surface area contributed by atoms with Crippen molar-refractivity contribution in [3.05, 3.63) is 111 Å². The van der Waals surface area contributed by atoms with Gasteiger partial charge in [-0.2, -0.15) is 0 Å². The molecule has 0 saturated heterocycles. The van der Waals surface area contributed by atoms with Gasteiger partial charge >= 0.3 is 5.97 Å². The molecular formula is C32H34N2O5S. The molecule has 2 N–H and O–H groups in total. The summed E-state index contributed by atoms with van der Waals surface area (Å²) < 4.78 is 11.1. The number of benzene rings is 3. The molecule has 4 aromatic rings. The minimum atomic E-state index is -0.998. The third kappa shape index (κ3) is 8.00. The standard InChI is InChI=1S/C32H34N2O5S/c1-22-27(34-30(40-22)13-8-19-38-2)18-20-39-25-16-14-23(15-17-25)21-29(32(36)37)33-28-12-7-6-11-26(28)31(35)24-9-4-3-5-10-24/h3-7,9-12,14-17,29,33H,8,13,18-21H2,1-2H3,(H,36,37). The number of nitrogens with one attached hydrogen (secondary N) is 1. The van der Waals surface area contributed by atoms with Crippen molar-refractivity contribution in [3.63, 3.8) is 0 Å². The number of anilines is 1. The number of carbonyl (C=O) groups excluding carboxylic acids is 1. The second-order valence-corrected chi connectivity index (χ2v) is 10.7. The number of rotatable bonds is 15. The first-order valence-corrected chi connectivity index (χ1v) is 14.1. The topological polar surface area (TPSA) is 97.8 Å². The summed E-state index contributed by atoms with van der Waals surface area (Å²) in [4.78, 5) is 31.1. The van der Waals surface area contributed by atoms with Gasteiger partial charge in [-0.3, -0.25) is 4.79 Å². The van der Waals surface area contributed by atoms with Crippen molar-refractivity contribution in [1.29, 1.82) is 0 Å². The highest BCUT2D eigenvalue weighted by Crippen LogP contribution is 2.23. The average molecular weight is 559 g/mol. The number of aryl methyl sites for hydroxylation is 2. The molecule has 1 unspecified atom stereocenters. The molecule has 7 nitrogen and oxygen atoms in total. The Morgan fingerprint density at radius 1 is 0.950 bits per heavy atom. The molecule has 208 valence electrons. The van der Waals surface area contributed by atoms with E-state index in [2.05, 4.69) is 12.2 Å². The van der Waals surface area contributed by atoms with E-state index in [0.717, 1.165) is 47.9 Å². The van der Waals surface area contributed by atoms with Crippen LogP contribution in [0.5, 0.6) is 5.75 Å². The van der Waals surface area contributed by atoms with Crippen molar-refractivity contribution in [2.75, 3.05) is 25.6 Å². The maximum Gasteiger partial charge on any atom is 0.326 e. The van der Waals surface area contributed by atoms with Gasteiger partial charge in [-0.15, -0.1) is 11.3 Å². The molecule has 0 aliphatic heterocycles. The molecule has 0 radical (unpaired) electrons. The first-order valence-electron chi connectivity index (χ1n) is 13.3. The lowest BCUT2D eigenvalue weighted by atomic mass is 10.00. The van der Waals surface area contributed by atoms with Crippen LogP contribution in [0.2, 0.25) is 0 Å². The SMILES string of the molecule is COCCCc1nc(CCOc2ccc(CC(Nc3ccccc3C(=O)c3ccccc3)C(=O)O)cc2)c(C)s1. The smallest absolute Gasteiger partial charge is 0.326 e. The highest BCUT2D eigenvalue weighted by molar-refractivity contribution is 7.11. The highest BCUT2D eigenvalue weighted by atomic mass is 32.1. The van der Waals surface area contributed by atoms with E-state index in [1.54, 1.807) is 67.0 Å². The lowest BCUT2D eigenvalue weighted by molar-refractivity contribution is -0.137. The summed E-state index contributed by atoms with van der Waals surface area (Å²) in [5.41, 5.74) is 3.38. The molecule has 1 heterocycles. The Bertz CT molecular complexity index is 1400. The fourth-order valence-corrected chi connectivity index (χ4v) is 5.38. The molecule has 0 saturated carbocycles. The van der Waals surface area contributed by atoms with Crippen LogP contribution in [0.3, 0.4) is 0 Å². The summed E-state index contributed by atoms with van der Waals surface area (Å²) in [7, 11) is 1.71. The van der Waals surface area contributed by atoms with Crippen LogP contribution in [0.1, 0.15) is 43.5 Å². The average Bonchev–Trinajstić information content (AvgIpc) is 3.32. The number of ether oxygens (including phenoxy) is 2. The largest absolute Gasteiger partial charge is 0.493 e. The van der Waals surface area contributed by atoms with Gasteiger partial charge in [0.2, 0.25) is 0 Å². The molecule has 0 aliphatic rings. The minimum absolute atomic E-state index is 0.162. The number of ketones is 1. The summed E-state index contributed by atoms with van der Waals surface area (Å²) >= 11 is 1.73. The summed E-state index contributed by atoms with van der Waals surface area (Å²) in [6, 6.07) is 22.5. The van der Waals surface area contributed by atoms with Gasteiger partial charge in [-0.05, 0) is 43.2 Å². The number of nitrogens with zero attached hydrogens (tertiary/aromatic N) is 1. The van der Waals surface area contributed by atoms with E-state index in [1.807, 2.05) is 30.3 Å². The van der Waals surface area contributed by atoms with Crippen LogP contribution in [0.25, 0.3) is 0 Å². The number of carboxylic acids is 1. The Balaban J connectivity index is 1.34. The molecule has 3 aromatic carbocycles. The van der Waals surface area contributed by atoms with Gasteiger partial charge in [0.1, 0.15) is 11.8 Å². The van der Waals surface area contributed by atoms with Gasteiger partial charge in [0.25, 0.3) is 0 Å². The predicted molar refractivity (Wildman–Crippen MR) is 158 cm³/mol.